The number of carbonyl (C=O) groups is 1. The largest absolute Gasteiger partial charge is 0.352 e. The van der Waals surface area contributed by atoms with E-state index < -0.39 is 0 Å². The molecule has 0 radical (unpaired) electrons. The molecule has 0 unspecified atom stereocenters. The second kappa shape index (κ2) is 7.35. The quantitative estimate of drug-likeness (QED) is 0.721. The molecule has 1 N–H and O–H groups in total. The number of imidazole rings is 1. The maximum atomic E-state index is 12.7. The van der Waals surface area contributed by atoms with E-state index in [9.17, 15) is 4.79 Å². The number of aromatic nitrogens is 3. The fraction of sp³-hybridized carbons (Fsp3) is 0.421. The number of carbonyl (C=O) groups excluding carboxylic acids is 1. The molecule has 1 saturated carbocycles. The molecule has 0 bridgehead atoms. The van der Waals surface area contributed by atoms with Gasteiger partial charge in [0, 0.05) is 11.4 Å². The summed E-state index contributed by atoms with van der Waals surface area (Å²) in [6.07, 6.45) is 7.18. The van der Waals surface area contributed by atoms with Crippen molar-refractivity contribution in [3.63, 3.8) is 0 Å². The van der Waals surface area contributed by atoms with Gasteiger partial charge in [-0.3, -0.25) is 4.79 Å². The van der Waals surface area contributed by atoms with E-state index in [4.69, 9.17) is 4.98 Å². The lowest BCUT2D eigenvalue weighted by molar-refractivity contribution is -0.122. The maximum Gasteiger partial charge on any atom is 0.240 e. The van der Waals surface area contributed by atoms with Gasteiger partial charge < -0.3 is 9.88 Å². The number of para-hydroxylation sites is 2. The van der Waals surface area contributed by atoms with Crippen LogP contribution in [0.2, 0.25) is 0 Å². The minimum absolute atomic E-state index is 0.0616. The second-order valence-corrected chi connectivity index (χ2v) is 7.36. The zero-order valence-corrected chi connectivity index (χ0v) is 15.0. The highest BCUT2D eigenvalue weighted by atomic mass is 32.1. The summed E-state index contributed by atoms with van der Waals surface area (Å²) < 4.78 is 1.98. The minimum atomic E-state index is 0.0616. The number of hydrogen-bond donors (Lipinski definition) is 1. The van der Waals surface area contributed by atoms with E-state index in [1.165, 1.54) is 37.0 Å². The number of nitrogens with zero attached hydrogens (tertiary/aromatic N) is 3. The lowest BCUT2D eigenvalue weighted by Gasteiger charge is -2.17. The predicted molar refractivity (Wildman–Crippen MR) is 100 cm³/mol. The molecular formula is C19H22N4OS. The molecule has 1 fully saturated rings. The predicted octanol–water partition coefficient (Wildman–Crippen LogP) is 4.00. The third-order valence-corrected chi connectivity index (χ3v) is 5.42. The van der Waals surface area contributed by atoms with Crippen LogP contribution in [0.4, 0.5) is 0 Å². The Kier molecular flexibility index (Phi) is 4.78. The van der Waals surface area contributed by atoms with Crippen LogP contribution in [0.3, 0.4) is 0 Å². The lowest BCUT2D eigenvalue weighted by atomic mass is 10.1. The maximum absolute atomic E-state index is 12.7. The van der Waals surface area contributed by atoms with Crippen LogP contribution in [-0.4, -0.2) is 26.5 Å². The van der Waals surface area contributed by atoms with Crippen molar-refractivity contribution < 1.29 is 4.79 Å². The highest BCUT2D eigenvalue weighted by Crippen LogP contribution is 2.24. The van der Waals surface area contributed by atoms with Gasteiger partial charge >= 0.3 is 0 Å². The van der Waals surface area contributed by atoms with Crippen molar-refractivity contribution >= 4 is 28.3 Å². The highest BCUT2D eigenvalue weighted by Gasteiger charge is 2.19. The van der Waals surface area contributed by atoms with Crippen LogP contribution in [-0.2, 0) is 11.3 Å². The molecule has 2 heterocycles. The number of rotatable bonds is 4. The summed E-state index contributed by atoms with van der Waals surface area (Å²) >= 11 is 1.54. The van der Waals surface area contributed by atoms with E-state index in [-0.39, 0.29) is 12.5 Å². The van der Waals surface area contributed by atoms with Crippen molar-refractivity contribution in [2.75, 3.05) is 0 Å². The van der Waals surface area contributed by atoms with Crippen LogP contribution in [0, 0.1) is 0 Å². The summed E-state index contributed by atoms with van der Waals surface area (Å²) in [5.74, 6) is 0.824. The zero-order valence-electron chi connectivity index (χ0n) is 14.1. The normalized spacial score (nSPS) is 16.0. The van der Waals surface area contributed by atoms with Crippen LogP contribution in [0.5, 0.6) is 0 Å². The van der Waals surface area contributed by atoms with Crippen molar-refractivity contribution in [3.8, 4) is 11.5 Å². The fourth-order valence-electron chi connectivity index (χ4n) is 3.59. The van der Waals surface area contributed by atoms with Crippen molar-refractivity contribution in [3.05, 3.63) is 35.2 Å². The van der Waals surface area contributed by atoms with E-state index in [0.29, 0.717) is 6.04 Å². The van der Waals surface area contributed by atoms with Crippen LogP contribution in [0.15, 0.2) is 35.2 Å². The molecule has 1 amide bonds. The Labute approximate surface area is 151 Å². The average Bonchev–Trinajstić information content (AvgIpc) is 3.18. The van der Waals surface area contributed by atoms with E-state index in [0.717, 1.165) is 35.4 Å². The molecule has 130 valence electrons. The number of thiazole rings is 1. The number of hydrogen-bond acceptors (Lipinski definition) is 4. The van der Waals surface area contributed by atoms with Gasteiger partial charge in [0.1, 0.15) is 12.2 Å². The first-order valence-corrected chi connectivity index (χ1v) is 9.89. The number of nitrogens with one attached hydrogen (secondary N) is 1. The second-order valence-electron chi connectivity index (χ2n) is 6.64. The number of benzene rings is 1. The first kappa shape index (κ1) is 16.3. The summed E-state index contributed by atoms with van der Waals surface area (Å²) in [4.78, 5) is 21.8. The molecule has 5 nitrogen and oxygen atoms in total. The number of fused-ring (bicyclic) bond motifs is 1. The van der Waals surface area contributed by atoms with Crippen molar-refractivity contribution in [1.82, 2.24) is 19.9 Å². The van der Waals surface area contributed by atoms with Crippen LogP contribution in [0.1, 0.15) is 38.5 Å². The smallest absolute Gasteiger partial charge is 0.240 e. The average molecular weight is 354 g/mol. The molecule has 2 aromatic heterocycles. The van der Waals surface area contributed by atoms with Gasteiger partial charge in [0.15, 0.2) is 5.82 Å². The van der Waals surface area contributed by atoms with Crippen molar-refractivity contribution in [2.24, 2.45) is 0 Å². The SMILES string of the molecule is O=C(Cn1c(-c2cscn2)nc2ccccc21)NC1CCCCCC1. The fourth-order valence-corrected chi connectivity index (χ4v) is 4.13. The first-order valence-electron chi connectivity index (χ1n) is 8.94. The van der Waals surface area contributed by atoms with E-state index in [1.54, 1.807) is 5.51 Å². The van der Waals surface area contributed by atoms with Gasteiger partial charge in [0.25, 0.3) is 0 Å². The molecule has 6 heteroatoms. The summed E-state index contributed by atoms with van der Waals surface area (Å²) in [6, 6.07) is 8.25. The summed E-state index contributed by atoms with van der Waals surface area (Å²) in [6.45, 7) is 0.282. The monoisotopic (exact) mass is 354 g/mol. The van der Waals surface area contributed by atoms with Crippen molar-refractivity contribution in [1.29, 1.82) is 0 Å². The molecule has 0 spiro atoms. The van der Waals surface area contributed by atoms with E-state index in [1.807, 2.05) is 34.2 Å². The van der Waals surface area contributed by atoms with E-state index >= 15 is 0 Å². The summed E-state index contributed by atoms with van der Waals surface area (Å²) in [5.41, 5.74) is 4.49. The molecule has 3 aromatic rings. The Morgan fingerprint density at radius 3 is 2.76 bits per heavy atom. The third kappa shape index (κ3) is 3.58. The Morgan fingerprint density at radius 1 is 1.20 bits per heavy atom. The van der Waals surface area contributed by atoms with Crippen molar-refractivity contribution in [2.45, 2.75) is 51.1 Å². The molecule has 1 aromatic carbocycles. The molecule has 0 aliphatic heterocycles. The third-order valence-electron chi connectivity index (χ3n) is 4.84. The van der Waals surface area contributed by atoms with E-state index in [2.05, 4.69) is 10.3 Å². The highest BCUT2D eigenvalue weighted by molar-refractivity contribution is 7.07. The molecule has 0 atom stereocenters. The number of amides is 1. The Morgan fingerprint density at radius 2 is 2.00 bits per heavy atom. The molecule has 0 saturated heterocycles. The topological polar surface area (TPSA) is 59.8 Å². The molecular weight excluding hydrogens is 332 g/mol. The molecule has 1 aliphatic carbocycles. The Bertz CT molecular complexity index is 848. The first-order chi connectivity index (χ1) is 12.3. The molecule has 4 rings (SSSR count). The zero-order chi connectivity index (χ0) is 17.1. The minimum Gasteiger partial charge on any atom is -0.352 e. The van der Waals surface area contributed by atoms with Gasteiger partial charge in [0.05, 0.1) is 16.5 Å². The van der Waals surface area contributed by atoms with Crippen LogP contribution < -0.4 is 5.32 Å². The van der Waals surface area contributed by atoms with Gasteiger partial charge in [-0.25, -0.2) is 9.97 Å². The summed E-state index contributed by atoms with van der Waals surface area (Å²) in [5, 5.41) is 5.20. The van der Waals surface area contributed by atoms with Gasteiger partial charge in [-0.05, 0) is 25.0 Å². The van der Waals surface area contributed by atoms with Gasteiger partial charge in [-0.1, -0.05) is 37.8 Å². The Balaban J connectivity index is 1.59. The molecule has 25 heavy (non-hydrogen) atoms. The van der Waals surface area contributed by atoms with Crippen LogP contribution >= 0.6 is 11.3 Å². The van der Waals surface area contributed by atoms with Crippen LogP contribution in [0.25, 0.3) is 22.6 Å². The lowest BCUT2D eigenvalue weighted by Crippen LogP contribution is -2.36. The molecule has 1 aliphatic rings. The van der Waals surface area contributed by atoms with Gasteiger partial charge in [0.2, 0.25) is 5.91 Å². The standard InChI is InChI=1S/C19H22N4OS/c24-18(21-14-7-3-1-2-4-8-14)11-23-17-10-6-5-9-15(17)22-19(23)16-12-25-13-20-16/h5-6,9-10,12-14H,1-4,7-8,11H2,(H,21,24). The summed E-state index contributed by atoms with van der Waals surface area (Å²) in [7, 11) is 0. The van der Waals surface area contributed by atoms with Gasteiger partial charge in [-0.15, -0.1) is 11.3 Å². The Hall–Kier alpha value is -2.21. The van der Waals surface area contributed by atoms with Gasteiger partial charge in [-0.2, -0.15) is 0 Å².